The second kappa shape index (κ2) is 7.73. The highest BCUT2D eigenvalue weighted by atomic mass is 19.4. The first-order chi connectivity index (χ1) is 14.2. The molecule has 30 heavy (non-hydrogen) atoms. The summed E-state index contributed by atoms with van der Waals surface area (Å²) in [6, 6.07) is 5.26. The van der Waals surface area contributed by atoms with Crippen LogP contribution < -0.4 is 15.8 Å². The zero-order valence-corrected chi connectivity index (χ0v) is 15.9. The largest absolute Gasteiger partial charge is 0.416 e. The molecule has 0 spiro atoms. The van der Waals surface area contributed by atoms with Crippen LogP contribution in [-0.4, -0.2) is 35.1 Å². The Morgan fingerprint density at radius 3 is 2.47 bits per heavy atom. The molecule has 1 unspecified atom stereocenters. The van der Waals surface area contributed by atoms with Gasteiger partial charge in [-0.05, 0) is 42.9 Å². The summed E-state index contributed by atoms with van der Waals surface area (Å²) in [7, 11) is 0. The smallest absolute Gasteiger partial charge is 0.344 e. The zero-order valence-electron chi connectivity index (χ0n) is 15.9. The first-order valence-corrected chi connectivity index (χ1v) is 9.69. The lowest BCUT2D eigenvalue weighted by molar-refractivity contribution is -0.137. The van der Waals surface area contributed by atoms with Gasteiger partial charge >= 0.3 is 6.18 Å². The number of aromatic amines is 1. The minimum Gasteiger partial charge on any atom is -0.344 e. The maximum atomic E-state index is 13.5. The fourth-order valence-electron chi connectivity index (χ4n) is 3.62. The van der Waals surface area contributed by atoms with Crippen LogP contribution in [-0.2, 0) is 6.18 Å². The molecule has 0 radical (unpaired) electrons. The molecule has 1 amide bonds. The number of H-pyrrole nitrogens is 1. The zero-order chi connectivity index (χ0) is 21.5. The Balaban J connectivity index is 1.54. The maximum Gasteiger partial charge on any atom is 0.416 e. The van der Waals surface area contributed by atoms with Crippen molar-refractivity contribution < 1.29 is 22.4 Å². The summed E-state index contributed by atoms with van der Waals surface area (Å²) < 4.78 is 51.9. The Morgan fingerprint density at radius 2 is 1.90 bits per heavy atom. The van der Waals surface area contributed by atoms with E-state index in [1.165, 1.54) is 12.1 Å². The van der Waals surface area contributed by atoms with Gasteiger partial charge in [0, 0.05) is 12.6 Å². The molecule has 1 saturated carbocycles. The van der Waals surface area contributed by atoms with E-state index in [-0.39, 0.29) is 24.1 Å². The van der Waals surface area contributed by atoms with Crippen LogP contribution in [0, 0.1) is 5.92 Å². The summed E-state index contributed by atoms with van der Waals surface area (Å²) in [5.74, 6) is -0.363. The van der Waals surface area contributed by atoms with E-state index in [1.807, 2.05) is 0 Å². The van der Waals surface area contributed by atoms with Gasteiger partial charge in [0.05, 0.1) is 18.2 Å². The SMILES string of the molecule is O=C(NC(c1ccc(C(F)(F)F)cc1)C1CC1)c1cc(=O)[nH]c(N2CC[C@H](F)C2)n1. The van der Waals surface area contributed by atoms with E-state index in [0.29, 0.717) is 18.5 Å². The van der Waals surface area contributed by atoms with Crippen LogP contribution in [0.4, 0.5) is 23.5 Å². The van der Waals surface area contributed by atoms with E-state index in [0.717, 1.165) is 31.0 Å². The average molecular weight is 424 g/mol. The van der Waals surface area contributed by atoms with E-state index in [4.69, 9.17) is 0 Å². The van der Waals surface area contributed by atoms with Gasteiger partial charge in [-0.25, -0.2) is 9.37 Å². The number of halogens is 4. The topological polar surface area (TPSA) is 78.1 Å². The second-order valence-electron chi connectivity index (χ2n) is 7.69. The normalized spacial score (nSPS) is 20.3. The van der Waals surface area contributed by atoms with Crippen molar-refractivity contribution >= 4 is 11.9 Å². The van der Waals surface area contributed by atoms with Crippen LogP contribution in [0.5, 0.6) is 0 Å². The first kappa shape index (κ1) is 20.4. The van der Waals surface area contributed by atoms with Gasteiger partial charge in [-0.1, -0.05) is 12.1 Å². The Kier molecular flexibility index (Phi) is 5.25. The average Bonchev–Trinajstić information content (AvgIpc) is 3.44. The van der Waals surface area contributed by atoms with Gasteiger partial charge in [0.2, 0.25) is 5.95 Å². The third kappa shape index (κ3) is 4.47. The molecular formula is C20H20F4N4O2. The third-order valence-electron chi connectivity index (χ3n) is 5.37. The van der Waals surface area contributed by atoms with Crippen molar-refractivity contribution in [2.75, 3.05) is 18.0 Å². The molecule has 2 N–H and O–H groups in total. The highest BCUT2D eigenvalue weighted by Crippen LogP contribution is 2.41. The number of rotatable bonds is 5. The minimum absolute atomic E-state index is 0.0876. The van der Waals surface area contributed by atoms with Crippen LogP contribution in [0.2, 0.25) is 0 Å². The molecule has 2 heterocycles. The van der Waals surface area contributed by atoms with Crippen LogP contribution >= 0.6 is 0 Å². The number of carbonyl (C=O) groups excluding carboxylic acids is 1. The highest BCUT2D eigenvalue weighted by Gasteiger charge is 2.35. The van der Waals surface area contributed by atoms with Gasteiger partial charge in [-0.2, -0.15) is 13.2 Å². The molecule has 4 rings (SSSR count). The molecule has 2 atom stereocenters. The van der Waals surface area contributed by atoms with Gasteiger partial charge in [0.15, 0.2) is 0 Å². The number of nitrogens with one attached hydrogen (secondary N) is 2. The van der Waals surface area contributed by atoms with E-state index in [9.17, 15) is 27.2 Å². The standard InChI is InChI=1S/C20H20F4N4O2/c21-14-7-8-28(10-14)19-25-15(9-16(29)26-19)18(30)27-17(11-1-2-11)12-3-5-13(6-4-12)20(22,23)24/h3-6,9,11,14,17H,1-2,7-8,10H2,(H,27,30)(H,25,26,29)/t14-,17?/m0/s1. The molecular weight excluding hydrogens is 404 g/mol. The Labute approximate surface area is 169 Å². The molecule has 10 heteroatoms. The molecule has 2 fully saturated rings. The number of hydrogen-bond acceptors (Lipinski definition) is 4. The van der Waals surface area contributed by atoms with Crippen molar-refractivity contribution in [3.63, 3.8) is 0 Å². The number of aromatic nitrogens is 2. The molecule has 1 saturated heterocycles. The molecule has 6 nitrogen and oxygen atoms in total. The number of anilines is 1. The summed E-state index contributed by atoms with van der Waals surface area (Å²) in [5.41, 5.74) is -0.855. The summed E-state index contributed by atoms with van der Waals surface area (Å²) in [6.45, 7) is 0.468. The fourth-order valence-corrected chi connectivity index (χ4v) is 3.62. The van der Waals surface area contributed by atoms with Crippen molar-refractivity contribution in [2.45, 2.75) is 37.7 Å². The fraction of sp³-hybridized carbons (Fsp3) is 0.450. The van der Waals surface area contributed by atoms with Crippen LogP contribution in [0.3, 0.4) is 0 Å². The second-order valence-corrected chi connectivity index (χ2v) is 7.69. The first-order valence-electron chi connectivity index (χ1n) is 9.69. The maximum absolute atomic E-state index is 13.5. The van der Waals surface area contributed by atoms with E-state index in [2.05, 4.69) is 15.3 Å². The van der Waals surface area contributed by atoms with Crippen molar-refractivity contribution in [3.8, 4) is 0 Å². The molecule has 2 aliphatic rings. The molecule has 1 aromatic heterocycles. The number of alkyl halides is 4. The number of hydrogen-bond donors (Lipinski definition) is 2. The lowest BCUT2D eigenvalue weighted by atomic mass is 10.0. The Bertz CT molecular complexity index is 986. The Morgan fingerprint density at radius 1 is 1.20 bits per heavy atom. The summed E-state index contributed by atoms with van der Waals surface area (Å²) in [5, 5.41) is 2.80. The van der Waals surface area contributed by atoms with Crippen LogP contribution in [0.1, 0.15) is 46.9 Å². The van der Waals surface area contributed by atoms with Crippen molar-refractivity contribution in [3.05, 3.63) is 57.5 Å². The summed E-state index contributed by atoms with van der Waals surface area (Å²) in [4.78, 5) is 33.0. The minimum atomic E-state index is -4.43. The van der Waals surface area contributed by atoms with Gasteiger partial charge < -0.3 is 10.2 Å². The highest BCUT2D eigenvalue weighted by molar-refractivity contribution is 5.92. The van der Waals surface area contributed by atoms with Gasteiger partial charge in [-0.15, -0.1) is 0 Å². The van der Waals surface area contributed by atoms with Crippen LogP contribution in [0.25, 0.3) is 0 Å². The molecule has 2 aromatic rings. The van der Waals surface area contributed by atoms with Crippen molar-refractivity contribution in [1.82, 2.24) is 15.3 Å². The number of carbonyl (C=O) groups is 1. The van der Waals surface area contributed by atoms with Gasteiger partial charge in [0.1, 0.15) is 11.9 Å². The van der Waals surface area contributed by atoms with E-state index >= 15 is 0 Å². The molecule has 1 aromatic carbocycles. The number of amides is 1. The van der Waals surface area contributed by atoms with Crippen LogP contribution in [0.15, 0.2) is 35.1 Å². The number of benzene rings is 1. The predicted octanol–water partition coefficient (Wildman–Crippen LogP) is 3.22. The summed E-state index contributed by atoms with van der Waals surface area (Å²) >= 11 is 0. The van der Waals surface area contributed by atoms with E-state index < -0.39 is 35.4 Å². The van der Waals surface area contributed by atoms with E-state index in [1.54, 1.807) is 4.90 Å². The van der Waals surface area contributed by atoms with Gasteiger partial charge in [-0.3, -0.25) is 14.6 Å². The van der Waals surface area contributed by atoms with Crippen molar-refractivity contribution in [1.29, 1.82) is 0 Å². The molecule has 160 valence electrons. The van der Waals surface area contributed by atoms with Gasteiger partial charge in [0.25, 0.3) is 11.5 Å². The monoisotopic (exact) mass is 424 g/mol. The summed E-state index contributed by atoms with van der Waals surface area (Å²) in [6.07, 6.45) is -3.46. The quantitative estimate of drug-likeness (QED) is 0.723. The Hall–Kier alpha value is -2.91. The lowest BCUT2D eigenvalue weighted by Crippen LogP contribution is -2.33. The van der Waals surface area contributed by atoms with Crippen molar-refractivity contribution in [2.24, 2.45) is 5.92 Å². The molecule has 0 bridgehead atoms. The molecule has 1 aliphatic heterocycles. The molecule has 1 aliphatic carbocycles. The predicted molar refractivity (Wildman–Crippen MR) is 101 cm³/mol. The lowest BCUT2D eigenvalue weighted by Gasteiger charge is -2.20. The third-order valence-corrected chi connectivity index (χ3v) is 5.37. The number of nitrogens with zero attached hydrogens (tertiary/aromatic N) is 2.